The molecule has 1 aromatic heterocycles. The Bertz CT molecular complexity index is 542. The van der Waals surface area contributed by atoms with Crippen LogP contribution in [0.1, 0.15) is 22.8 Å². The van der Waals surface area contributed by atoms with Gasteiger partial charge in [-0.2, -0.15) is 0 Å². The van der Waals surface area contributed by atoms with Gasteiger partial charge in [-0.25, -0.2) is 4.79 Å². The first-order chi connectivity index (χ1) is 7.67. The van der Waals surface area contributed by atoms with Gasteiger partial charge >= 0.3 is 5.97 Å². The van der Waals surface area contributed by atoms with E-state index in [1.165, 1.54) is 12.7 Å². The van der Waals surface area contributed by atoms with Gasteiger partial charge in [0.2, 0.25) is 0 Å². The minimum absolute atomic E-state index is 0.225. The molecule has 16 heavy (non-hydrogen) atoms. The average molecular weight is 236 g/mol. The number of carboxylic acid groups (broad SMARTS) is 1. The summed E-state index contributed by atoms with van der Waals surface area (Å²) >= 11 is 1.62. The van der Waals surface area contributed by atoms with Crippen molar-refractivity contribution in [2.24, 2.45) is 0 Å². The molecule has 3 nitrogen and oxygen atoms in total. The molecule has 0 saturated carbocycles. The van der Waals surface area contributed by atoms with Crippen molar-refractivity contribution in [1.29, 1.82) is 0 Å². The van der Waals surface area contributed by atoms with Crippen LogP contribution >= 0.6 is 11.3 Å². The lowest BCUT2D eigenvalue weighted by molar-refractivity contribution is 0.0693. The molecule has 1 N–H and O–H groups in total. The second-order valence-corrected chi connectivity index (χ2v) is 4.38. The summed E-state index contributed by atoms with van der Waals surface area (Å²) in [6, 6.07) is 3.49. The number of aryl methyl sites for hydroxylation is 1. The lowest BCUT2D eigenvalue weighted by Crippen LogP contribution is -2.00. The first-order valence-corrected chi connectivity index (χ1v) is 5.86. The molecule has 84 valence electrons. The van der Waals surface area contributed by atoms with Crippen LogP contribution in [0.15, 0.2) is 17.5 Å². The van der Waals surface area contributed by atoms with Crippen LogP contribution in [0, 0.1) is 0 Å². The van der Waals surface area contributed by atoms with Crippen molar-refractivity contribution in [3.05, 3.63) is 28.6 Å². The maximum absolute atomic E-state index is 11.1. The zero-order valence-electron chi connectivity index (χ0n) is 9.11. The molecule has 2 rings (SSSR count). The second-order valence-electron chi connectivity index (χ2n) is 3.47. The van der Waals surface area contributed by atoms with E-state index in [-0.39, 0.29) is 5.56 Å². The van der Waals surface area contributed by atoms with Crippen LogP contribution in [0.5, 0.6) is 5.75 Å². The van der Waals surface area contributed by atoms with E-state index in [9.17, 15) is 4.79 Å². The number of thiophene rings is 1. The maximum Gasteiger partial charge on any atom is 0.339 e. The first kappa shape index (κ1) is 11.0. The summed E-state index contributed by atoms with van der Waals surface area (Å²) in [5, 5.41) is 12.2. The van der Waals surface area contributed by atoms with Crippen molar-refractivity contribution in [1.82, 2.24) is 0 Å². The smallest absolute Gasteiger partial charge is 0.339 e. The SMILES string of the molecule is CCc1csc2cc(OC)c(C(=O)O)cc12. The third-order valence-corrected chi connectivity index (χ3v) is 3.58. The minimum atomic E-state index is -0.952. The number of carbonyl (C=O) groups is 1. The van der Waals surface area contributed by atoms with Crippen LogP contribution in [-0.2, 0) is 6.42 Å². The molecular formula is C12H12O3S. The standard InChI is InChI=1S/C12H12O3S/c1-3-7-6-16-11-5-10(15-2)9(12(13)14)4-8(7)11/h4-6H,3H2,1-2H3,(H,13,14). The Hall–Kier alpha value is -1.55. The fourth-order valence-electron chi connectivity index (χ4n) is 1.72. The maximum atomic E-state index is 11.1. The highest BCUT2D eigenvalue weighted by Gasteiger charge is 2.14. The molecule has 1 aromatic carbocycles. The predicted molar refractivity (Wildman–Crippen MR) is 64.7 cm³/mol. The van der Waals surface area contributed by atoms with E-state index in [0.29, 0.717) is 5.75 Å². The summed E-state index contributed by atoms with van der Waals surface area (Å²) in [6.45, 7) is 2.06. The van der Waals surface area contributed by atoms with E-state index in [1.54, 1.807) is 23.5 Å². The Morgan fingerprint density at radius 2 is 2.25 bits per heavy atom. The van der Waals surface area contributed by atoms with Crippen molar-refractivity contribution in [3.63, 3.8) is 0 Å². The van der Waals surface area contributed by atoms with E-state index in [0.717, 1.165) is 16.5 Å². The summed E-state index contributed by atoms with van der Waals surface area (Å²) in [5.41, 5.74) is 1.41. The highest BCUT2D eigenvalue weighted by atomic mass is 32.1. The Kier molecular flexibility index (Phi) is 2.83. The summed E-state index contributed by atoms with van der Waals surface area (Å²) in [4.78, 5) is 11.1. The van der Waals surface area contributed by atoms with Crippen LogP contribution in [0.2, 0.25) is 0 Å². The summed E-state index contributed by atoms with van der Waals surface area (Å²) in [7, 11) is 1.49. The zero-order chi connectivity index (χ0) is 11.7. The third-order valence-electron chi connectivity index (χ3n) is 2.59. The zero-order valence-corrected chi connectivity index (χ0v) is 9.93. The molecule has 4 heteroatoms. The lowest BCUT2D eigenvalue weighted by Gasteiger charge is -2.05. The number of ether oxygens (including phenoxy) is 1. The Balaban J connectivity index is 2.73. The monoisotopic (exact) mass is 236 g/mol. The second kappa shape index (κ2) is 4.14. The third kappa shape index (κ3) is 1.65. The van der Waals surface area contributed by atoms with E-state index in [1.807, 2.05) is 0 Å². The molecular weight excluding hydrogens is 224 g/mol. The summed E-state index contributed by atoms with van der Waals surface area (Å²) in [5.74, 6) is -0.531. The molecule has 1 heterocycles. The fraction of sp³-hybridized carbons (Fsp3) is 0.250. The van der Waals surface area contributed by atoms with Crippen molar-refractivity contribution in [2.75, 3.05) is 7.11 Å². The van der Waals surface area contributed by atoms with Crippen LogP contribution in [0.3, 0.4) is 0 Å². The molecule has 2 aromatic rings. The van der Waals surface area contributed by atoms with Gasteiger partial charge in [-0.15, -0.1) is 11.3 Å². The van der Waals surface area contributed by atoms with Crippen molar-refractivity contribution in [2.45, 2.75) is 13.3 Å². The number of rotatable bonds is 3. The number of fused-ring (bicyclic) bond motifs is 1. The van der Waals surface area contributed by atoms with Gasteiger partial charge in [0.25, 0.3) is 0 Å². The van der Waals surface area contributed by atoms with Gasteiger partial charge < -0.3 is 9.84 Å². The van der Waals surface area contributed by atoms with Crippen LogP contribution in [0.4, 0.5) is 0 Å². The van der Waals surface area contributed by atoms with Gasteiger partial charge in [-0.1, -0.05) is 6.92 Å². The Morgan fingerprint density at radius 1 is 1.50 bits per heavy atom. The van der Waals surface area contributed by atoms with E-state index >= 15 is 0 Å². The number of benzene rings is 1. The summed E-state index contributed by atoms with van der Waals surface area (Å²) in [6.07, 6.45) is 0.908. The van der Waals surface area contributed by atoms with Gasteiger partial charge in [-0.05, 0) is 34.9 Å². The highest BCUT2D eigenvalue weighted by Crippen LogP contribution is 2.32. The fourth-order valence-corrected chi connectivity index (χ4v) is 2.77. The molecule has 0 aliphatic rings. The van der Waals surface area contributed by atoms with Gasteiger partial charge in [0.15, 0.2) is 0 Å². The van der Waals surface area contributed by atoms with Gasteiger partial charge in [0, 0.05) is 4.70 Å². The molecule has 0 bridgehead atoms. The number of aromatic carboxylic acids is 1. The molecule has 0 atom stereocenters. The van der Waals surface area contributed by atoms with E-state index < -0.39 is 5.97 Å². The quantitative estimate of drug-likeness (QED) is 0.890. The minimum Gasteiger partial charge on any atom is -0.496 e. The lowest BCUT2D eigenvalue weighted by atomic mass is 10.1. The predicted octanol–water partition coefficient (Wildman–Crippen LogP) is 3.17. The van der Waals surface area contributed by atoms with E-state index in [2.05, 4.69) is 12.3 Å². The van der Waals surface area contributed by atoms with Crippen molar-refractivity contribution < 1.29 is 14.6 Å². The van der Waals surface area contributed by atoms with Gasteiger partial charge in [0.05, 0.1) is 7.11 Å². The number of methoxy groups -OCH3 is 1. The van der Waals surface area contributed by atoms with Crippen LogP contribution in [-0.4, -0.2) is 18.2 Å². The Labute approximate surface area is 97.3 Å². The summed E-state index contributed by atoms with van der Waals surface area (Å²) < 4.78 is 6.15. The first-order valence-electron chi connectivity index (χ1n) is 4.98. The number of hydrogen-bond donors (Lipinski definition) is 1. The van der Waals surface area contributed by atoms with Crippen molar-refractivity contribution in [3.8, 4) is 5.75 Å². The molecule has 0 aliphatic heterocycles. The van der Waals surface area contributed by atoms with Gasteiger partial charge in [0.1, 0.15) is 11.3 Å². The molecule has 0 saturated heterocycles. The Morgan fingerprint density at radius 3 is 2.81 bits per heavy atom. The molecule has 0 fully saturated rings. The van der Waals surface area contributed by atoms with Gasteiger partial charge in [-0.3, -0.25) is 0 Å². The van der Waals surface area contributed by atoms with Crippen molar-refractivity contribution >= 4 is 27.4 Å². The molecule has 0 radical (unpaired) electrons. The number of carboxylic acids is 1. The molecule has 0 amide bonds. The highest BCUT2D eigenvalue weighted by molar-refractivity contribution is 7.17. The van der Waals surface area contributed by atoms with Crippen LogP contribution < -0.4 is 4.74 Å². The largest absolute Gasteiger partial charge is 0.496 e. The normalized spacial score (nSPS) is 10.6. The molecule has 0 unspecified atom stereocenters. The average Bonchev–Trinajstić information content (AvgIpc) is 2.68. The van der Waals surface area contributed by atoms with Crippen LogP contribution in [0.25, 0.3) is 10.1 Å². The molecule has 0 aliphatic carbocycles. The van der Waals surface area contributed by atoms with E-state index in [4.69, 9.17) is 9.84 Å². The number of hydrogen-bond acceptors (Lipinski definition) is 3. The topological polar surface area (TPSA) is 46.5 Å². The molecule has 0 spiro atoms.